The maximum absolute atomic E-state index is 10.7. The highest BCUT2D eigenvalue weighted by molar-refractivity contribution is 9.10. The van der Waals surface area contributed by atoms with Crippen LogP contribution in [0.1, 0.15) is 17.2 Å². The van der Waals surface area contributed by atoms with Gasteiger partial charge < -0.3 is 4.98 Å². The zero-order valence-electron chi connectivity index (χ0n) is 8.97. The predicted octanol–water partition coefficient (Wildman–Crippen LogP) is 3.19. The summed E-state index contributed by atoms with van der Waals surface area (Å²) in [6, 6.07) is 11.3. The molecule has 2 rings (SSSR count). The van der Waals surface area contributed by atoms with Crippen LogP contribution in [0.25, 0.3) is 0 Å². The van der Waals surface area contributed by atoms with Crippen molar-refractivity contribution in [3.8, 4) is 0 Å². The van der Waals surface area contributed by atoms with Gasteiger partial charge in [0, 0.05) is 21.3 Å². The van der Waals surface area contributed by atoms with E-state index in [1.807, 2.05) is 36.4 Å². The predicted molar refractivity (Wildman–Crippen MR) is 68.6 cm³/mol. The first-order valence-corrected chi connectivity index (χ1v) is 5.96. The van der Waals surface area contributed by atoms with Crippen LogP contribution in [0.4, 0.5) is 0 Å². The van der Waals surface area contributed by atoms with Gasteiger partial charge in [-0.25, -0.2) is 0 Å². The molecule has 1 atom stereocenters. The van der Waals surface area contributed by atoms with Crippen molar-refractivity contribution in [3.05, 3.63) is 68.4 Å². The molecule has 0 amide bonds. The normalized spacial score (nSPS) is 12.3. The van der Waals surface area contributed by atoms with Gasteiger partial charge in [-0.1, -0.05) is 28.1 Å². The van der Waals surface area contributed by atoms with E-state index in [2.05, 4.69) is 20.9 Å². The highest BCUT2D eigenvalue weighted by Crippen LogP contribution is 2.24. The first-order chi connectivity index (χ1) is 8.16. The summed E-state index contributed by atoms with van der Waals surface area (Å²) >= 11 is 3.35. The second-order valence-electron chi connectivity index (χ2n) is 3.74. The summed E-state index contributed by atoms with van der Waals surface area (Å²) in [5, 5.41) is 10.7. The zero-order valence-corrected chi connectivity index (χ0v) is 10.6. The highest BCUT2D eigenvalue weighted by atomic mass is 79.9. The monoisotopic (exact) mass is 294 g/mol. The summed E-state index contributed by atoms with van der Waals surface area (Å²) in [5.74, 6) is -0.229. The highest BCUT2D eigenvalue weighted by Gasteiger charge is 2.20. The Balaban J connectivity index is 2.33. The summed E-state index contributed by atoms with van der Waals surface area (Å²) in [5.41, 5.74) is 1.80. The molecule has 17 heavy (non-hydrogen) atoms. The molecule has 0 fully saturated rings. The number of H-pyrrole nitrogens is 1. The average Bonchev–Trinajstić information content (AvgIpc) is 2.80. The van der Waals surface area contributed by atoms with Crippen LogP contribution >= 0.6 is 15.9 Å². The van der Waals surface area contributed by atoms with Crippen LogP contribution < -0.4 is 0 Å². The van der Waals surface area contributed by atoms with Crippen molar-refractivity contribution in [1.82, 2.24) is 4.98 Å². The van der Waals surface area contributed by atoms with E-state index < -0.39 is 0 Å². The fourth-order valence-electron chi connectivity index (χ4n) is 1.79. The van der Waals surface area contributed by atoms with E-state index in [0.29, 0.717) is 0 Å². The SMILES string of the molecule is O=[N+]([O-])CC(c1ccc(Br)cc1)c1ccc[nH]1. The molecule has 0 saturated heterocycles. The fraction of sp³-hybridized carbons (Fsp3) is 0.167. The summed E-state index contributed by atoms with van der Waals surface area (Å²) in [6.45, 7) is -0.109. The lowest BCUT2D eigenvalue weighted by molar-refractivity contribution is -0.481. The molecule has 1 heterocycles. The lowest BCUT2D eigenvalue weighted by Gasteiger charge is -2.11. The molecule has 1 unspecified atom stereocenters. The van der Waals surface area contributed by atoms with E-state index in [4.69, 9.17) is 0 Å². The number of hydrogen-bond donors (Lipinski definition) is 1. The smallest absolute Gasteiger partial charge is 0.216 e. The summed E-state index contributed by atoms with van der Waals surface area (Å²) in [7, 11) is 0. The second-order valence-corrected chi connectivity index (χ2v) is 4.66. The Kier molecular flexibility index (Phi) is 3.58. The lowest BCUT2D eigenvalue weighted by atomic mass is 9.96. The van der Waals surface area contributed by atoms with Gasteiger partial charge in [0.25, 0.3) is 0 Å². The first-order valence-electron chi connectivity index (χ1n) is 5.17. The number of aromatic nitrogens is 1. The molecule has 0 aliphatic heterocycles. The van der Waals surface area contributed by atoms with Crippen molar-refractivity contribution in [3.63, 3.8) is 0 Å². The van der Waals surface area contributed by atoms with E-state index >= 15 is 0 Å². The van der Waals surface area contributed by atoms with Crippen LogP contribution in [0.3, 0.4) is 0 Å². The molecular weight excluding hydrogens is 284 g/mol. The topological polar surface area (TPSA) is 58.9 Å². The van der Waals surface area contributed by atoms with Gasteiger partial charge in [-0.05, 0) is 29.8 Å². The Morgan fingerprint density at radius 2 is 2.00 bits per heavy atom. The quantitative estimate of drug-likeness (QED) is 0.695. The van der Waals surface area contributed by atoms with Crippen LogP contribution in [0.15, 0.2) is 47.1 Å². The molecule has 1 aromatic carbocycles. The van der Waals surface area contributed by atoms with Crippen molar-refractivity contribution in [1.29, 1.82) is 0 Å². The maximum atomic E-state index is 10.7. The van der Waals surface area contributed by atoms with Crippen molar-refractivity contribution >= 4 is 15.9 Å². The van der Waals surface area contributed by atoms with Crippen LogP contribution in [-0.4, -0.2) is 16.5 Å². The molecule has 2 aromatic rings. The minimum atomic E-state index is -0.284. The number of nitrogens with one attached hydrogen (secondary N) is 1. The van der Waals surface area contributed by atoms with Gasteiger partial charge in [0.15, 0.2) is 0 Å². The Hall–Kier alpha value is -1.62. The number of nitrogens with zero attached hydrogens (tertiary/aromatic N) is 1. The average molecular weight is 295 g/mol. The van der Waals surface area contributed by atoms with Crippen LogP contribution in [-0.2, 0) is 0 Å². The van der Waals surface area contributed by atoms with E-state index in [1.54, 1.807) is 6.20 Å². The van der Waals surface area contributed by atoms with Crippen LogP contribution in [0.2, 0.25) is 0 Å². The Morgan fingerprint density at radius 1 is 1.29 bits per heavy atom. The van der Waals surface area contributed by atoms with Gasteiger partial charge in [0.1, 0.15) is 0 Å². The minimum absolute atomic E-state index is 0.109. The van der Waals surface area contributed by atoms with Crippen molar-refractivity contribution in [2.75, 3.05) is 6.54 Å². The molecule has 5 heteroatoms. The summed E-state index contributed by atoms with van der Waals surface area (Å²) in [6.07, 6.45) is 1.78. The van der Waals surface area contributed by atoms with E-state index in [-0.39, 0.29) is 17.4 Å². The maximum Gasteiger partial charge on any atom is 0.216 e. The van der Waals surface area contributed by atoms with Crippen LogP contribution in [0.5, 0.6) is 0 Å². The molecule has 1 aromatic heterocycles. The fourth-order valence-corrected chi connectivity index (χ4v) is 2.05. The van der Waals surface area contributed by atoms with Gasteiger partial charge >= 0.3 is 0 Å². The van der Waals surface area contributed by atoms with Gasteiger partial charge in [-0.3, -0.25) is 10.1 Å². The molecule has 0 radical (unpaired) electrons. The van der Waals surface area contributed by atoms with Gasteiger partial charge in [-0.2, -0.15) is 0 Å². The number of hydrogen-bond acceptors (Lipinski definition) is 2. The standard InChI is InChI=1S/C12H11BrN2O2/c13-10-5-3-9(4-6-10)11(8-15(16)17)12-2-1-7-14-12/h1-7,11,14H,8H2. The van der Waals surface area contributed by atoms with Gasteiger partial charge in [0.2, 0.25) is 6.54 Å². The van der Waals surface area contributed by atoms with E-state index in [0.717, 1.165) is 15.7 Å². The van der Waals surface area contributed by atoms with Crippen molar-refractivity contribution in [2.24, 2.45) is 0 Å². The van der Waals surface area contributed by atoms with Gasteiger partial charge in [-0.15, -0.1) is 0 Å². The molecule has 0 aliphatic carbocycles. The Labute approximate surface area is 107 Å². The molecule has 88 valence electrons. The molecule has 0 bridgehead atoms. The number of halogens is 1. The molecule has 0 aliphatic rings. The van der Waals surface area contributed by atoms with Crippen molar-refractivity contribution in [2.45, 2.75) is 5.92 Å². The Morgan fingerprint density at radius 3 is 2.53 bits per heavy atom. The number of benzene rings is 1. The third kappa shape index (κ3) is 2.94. The van der Waals surface area contributed by atoms with Crippen LogP contribution in [0, 0.1) is 10.1 Å². The van der Waals surface area contributed by atoms with Crippen molar-refractivity contribution < 1.29 is 4.92 Å². The molecule has 1 N–H and O–H groups in total. The lowest BCUT2D eigenvalue weighted by Crippen LogP contribution is -2.14. The number of aromatic amines is 1. The van der Waals surface area contributed by atoms with E-state index in [9.17, 15) is 10.1 Å². The summed E-state index contributed by atoms with van der Waals surface area (Å²) in [4.78, 5) is 13.5. The number of rotatable bonds is 4. The van der Waals surface area contributed by atoms with Gasteiger partial charge in [0.05, 0.1) is 5.92 Å². The Bertz CT molecular complexity index is 494. The zero-order chi connectivity index (χ0) is 12.3. The molecular formula is C12H11BrN2O2. The molecule has 0 spiro atoms. The molecule has 0 saturated carbocycles. The largest absolute Gasteiger partial charge is 0.364 e. The summed E-state index contributed by atoms with van der Waals surface area (Å²) < 4.78 is 0.965. The minimum Gasteiger partial charge on any atom is -0.364 e. The van der Waals surface area contributed by atoms with E-state index in [1.165, 1.54) is 0 Å². The third-order valence-electron chi connectivity index (χ3n) is 2.60. The number of nitro groups is 1. The first kappa shape index (κ1) is 11.9. The molecule has 4 nitrogen and oxygen atoms in total. The third-order valence-corrected chi connectivity index (χ3v) is 3.13. The second kappa shape index (κ2) is 5.14.